The number of esters is 1. The number of carbonyl (C=O) groups excluding carboxylic acids is 1. The fourth-order valence-corrected chi connectivity index (χ4v) is 1.85. The van der Waals surface area contributed by atoms with Gasteiger partial charge in [-0.05, 0) is 31.4 Å². The molecule has 1 aromatic heterocycles. The SMILES string of the molecule is CCOC(=O)/C(C#N)=C/c1ccc([C@@H]2C[C@H]2C)o1. The highest BCUT2D eigenvalue weighted by Gasteiger charge is 2.36. The lowest BCUT2D eigenvalue weighted by Crippen LogP contribution is -2.05. The highest BCUT2D eigenvalue weighted by atomic mass is 16.5. The van der Waals surface area contributed by atoms with Gasteiger partial charge in [-0.2, -0.15) is 5.26 Å². The van der Waals surface area contributed by atoms with Gasteiger partial charge < -0.3 is 9.15 Å². The zero-order valence-electron chi connectivity index (χ0n) is 10.5. The van der Waals surface area contributed by atoms with Crippen LogP contribution < -0.4 is 0 Å². The van der Waals surface area contributed by atoms with Crippen LogP contribution in [0.2, 0.25) is 0 Å². The fourth-order valence-electron chi connectivity index (χ4n) is 1.85. The molecule has 2 rings (SSSR count). The second-order valence-electron chi connectivity index (χ2n) is 4.45. The Morgan fingerprint density at radius 3 is 2.94 bits per heavy atom. The number of ether oxygens (including phenoxy) is 1. The zero-order valence-corrected chi connectivity index (χ0v) is 10.5. The van der Waals surface area contributed by atoms with E-state index in [2.05, 4.69) is 6.92 Å². The predicted molar refractivity (Wildman–Crippen MR) is 65.5 cm³/mol. The molecule has 0 amide bonds. The first-order valence-electron chi connectivity index (χ1n) is 6.04. The Kier molecular flexibility index (Phi) is 3.52. The number of nitriles is 1. The van der Waals surface area contributed by atoms with Gasteiger partial charge in [0.2, 0.25) is 0 Å². The van der Waals surface area contributed by atoms with Gasteiger partial charge in [0.05, 0.1) is 6.61 Å². The second-order valence-corrected chi connectivity index (χ2v) is 4.45. The molecule has 0 N–H and O–H groups in total. The first-order valence-corrected chi connectivity index (χ1v) is 6.04. The lowest BCUT2D eigenvalue weighted by atomic mass is 10.2. The Morgan fingerprint density at radius 2 is 2.39 bits per heavy atom. The summed E-state index contributed by atoms with van der Waals surface area (Å²) >= 11 is 0. The first-order chi connectivity index (χ1) is 8.65. The Morgan fingerprint density at radius 1 is 1.67 bits per heavy atom. The Labute approximate surface area is 106 Å². The monoisotopic (exact) mass is 245 g/mol. The molecule has 4 heteroatoms. The van der Waals surface area contributed by atoms with Crippen molar-refractivity contribution in [1.29, 1.82) is 5.26 Å². The van der Waals surface area contributed by atoms with E-state index in [1.165, 1.54) is 6.08 Å². The quantitative estimate of drug-likeness (QED) is 0.465. The Hall–Kier alpha value is -2.02. The van der Waals surface area contributed by atoms with Crippen molar-refractivity contribution >= 4 is 12.0 Å². The number of nitrogens with zero attached hydrogens (tertiary/aromatic N) is 1. The van der Waals surface area contributed by atoms with E-state index in [0.717, 1.165) is 12.2 Å². The van der Waals surface area contributed by atoms with Gasteiger partial charge in [0, 0.05) is 12.0 Å². The van der Waals surface area contributed by atoms with Crippen LogP contribution in [0.5, 0.6) is 0 Å². The minimum absolute atomic E-state index is 0.0402. The summed E-state index contributed by atoms with van der Waals surface area (Å²) in [5, 5.41) is 8.89. The molecule has 0 bridgehead atoms. The highest BCUT2D eigenvalue weighted by molar-refractivity contribution is 5.97. The minimum atomic E-state index is -0.613. The summed E-state index contributed by atoms with van der Waals surface area (Å²) in [5.41, 5.74) is -0.0402. The van der Waals surface area contributed by atoms with E-state index in [-0.39, 0.29) is 12.2 Å². The molecule has 1 aliphatic rings. The third-order valence-electron chi connectivity index (χ3n) is 3.02. The average Bonchev–Trinajstić information content (AvgIpc) is 2.91. The van der Waals surface area contributed by atoms with Gasteiger partial charge in [0.1, 0.15) is 23.2 Å². The molecule has 0 radical (unpaired) electrons. The molecule has 0 aromatic carbocycles. The van der Waals surface area contributed by atoms with Crippen molar-refractivity contribution in [3.8, 4) is 6.07 Å². The number of furan rings is 1. The molecule has 1 saturated carbocycles. The minimum Gasteiger partial charge on any atom is -0.462 e. The molecule has 0 unspecified atom stereocenters. The highest BCUT2D eigenvalue weighted by Crippen LogP contribution is 2.47. The summed E-state index contributed by atoms with van der Waals surface area (Å²) in [6, 6.07) is 5.50. The average molecular weight is 245 g/mol. The molecule has 0 saturated heterocycles. The molecule has 18 heavy (non-hydrogen) atoms. The van der Waals surface area contributed by atoms with Crippen LogP contribution in [0.3, 0.4) is 0 Å². The van der Waals surface area contributed by atoms with Crippen LogP contribution in [0.15, 0.2) is 22.1 Å². The molecule has 1 heterocycles. The molecule has 1 aromatic rings. The van der Waals surface area contributed by atoms with E-state index in [1.807, 2.05) is 12.1 Å². The number of rotatable bonds is 4. The smallest absolute Gasteiger partial charge is 0.349 e. The third-order valence-corrected chi connectivity index (χ3v) is 3.02. The molecular formula is C14H15NO3. The molecule has 2 atom stereocenters. The Balaban J connectivity index is 2.13. The van der Waals surface area contributed by atoms with Gasteiger partial charge in [0.25, 0.3) is 0 Å². The third kappa shape index (κ3) is 2.62. The van der Waals surface area contributed by atoms with Gasteiger partial charge in [-0.3, -0.25) is 0 Å². The van der Waals surface area contributed by atoms with Crippen LogP contribution in [-0.2, 0) is 9.53 Å². The van der Waals surface area contributed by atoms with E-state index in [0.29, 0.717) is 17.6 Å². The van der Waals surface area contributed by atoms with Crippen LogP contribution in [0, 0.1) is 17.2 Å². The molecule has 1 aliphatic carbocycles. The van der Waals surface area contributed by atoms with Crippen LogP contribution in [0.25, 0.3) is 6.08 Å². The van der Waals surface area contributed by atoms with E-state index in [1.54, 1.807) is 13.0 Å². The Bertz CT molecular complexity index is 521. The van der Waals surface area contributed by atoms with Crippen LogP contribution in [0.1, 0.15) is 37.7 Å². The largest absolute Gasteiger partial charge is 0.462 e. The first kappa shape index (κ1) is 12.4. The molecule has 0 spiro atoms. The normalized spacial score (nSPS) is 22.4. The molecule has 1 fully saturated rings. The topological polar surface area (TPSA) is 63.2 Å². The van der Waals surface area contributed by atoms with Crippen molar-refractivity contribution in [2.45, 2.75) is 26.2 Å². The molecule has 94 valence electrons. The van der Waals surface area contributed by atoms with E-state index in [9.17, 15) is 4.79 Å². The van der Waals surface area contributed by atoms with Crippen LogP contribution in [-0.4, -0.2) is 12.6 Å². The number of carbonyl (C=O) groups is 1. The summed E-state index contributed by atoms with van der Waals surface area (Å²) in [6.07, 6.45) is 2.56. The summed E-state index contributed by atoms with van der Waals surface area (Å²) < 4.78 is 10.4. The van der Waals surface area contributed by atoms with Gasteiger partial charge in [-0.25, -0.2) is 4.79 Å². The van der Waals surface area contributed by atoms with Crippen molar-refractivity contribution in [2.75, 3.05) is 6.61 Å². The molecule has 4 nitrogen and oxygen atoms in total. The van der Waals surface area contributed by atoms with Crippen molar-refractivity contribution in [3.63, 3.8) is 0 Å². The van der Waals surface area contributed by atoms with Gasteiger partial charge in [-0.15, -0.1) is 0 Å². The molecule has 0 aliphatic heterocycles. The van der Waals surface area contributed by atoms with Gasteiger partial charge >= 0.3 is 5.97 Å². The second kappa shape index (κ2) is 5.09. The maximum Gasteiger partial charge on any atom is 0.349 e. The van der Waals surface area contributed by atoms with Crippen molar-refractivity contribution < 1.29 is 13.9 Å². The summed E-state index contributed by atoms with van der Waals surface area (Å²) in [5.74, 6) is 1.98. The van der Waals surface area contributed by atoms with Crippen molar-refractivity contribution in [2.24, 2.45) is 5.92 Å². The summed E-state index contributed by atoms with van der Waals surface area (Å²) in [6.45, 7) is 4.12. The maximum absolute atomic E-state index is 11.4. The van der Waals surface area contributed by atoms with E-state index in [4.69, 9.17) is 14.4 Å². The molecular weight excluding hydrogens is 230 g/mol. The van der Waals surface area contributed by atoms with Crippen LogP contribution >= 0.6 is 0 Å². The van der Waals surface area contributed by atoms with Gasteiger partial charge in [-0.1, -0.05) is 6.92 Å². The lowest BCUT2D eigenvalue weighted by Gasteiger charge is -1.98. The van der Waals surface area contributed by atoms with Gasteiger partial charge in [0.15, 0.2) is 0 Å². The standard InChI is InChI=1S/C14H15NO3/c1-3-17-14(16)10(8-15)7-11-4-5-13(18-11)12-6-9(12)2/h4-5,7,9,12H,3,6H2,1-2H3/b10-7+/t9-,12-/m1/s1. The van der Waals surface area contributed by atoms with E-state index >= 15 is 0 Å². The van der Waals surface area contributed by atoms with Crippen molar-refractivity contribution in [1.82, 2.24) is 0 Å². The lowest BCUT2D eigenvalue weighted by molar-refractivity contribution is -0.137. The summed E-state index contributed by atoms with van der Waals surface area (Å²) in [7, 11) is 0. The van der Waals surface area contributed by atoms with E-state index < -0.39 is 5.97 Å². The van der Waals surface area contributed by atoms with Crippen LogP contribution in [0.4, 0.5) is 0 Å². The number of hydrogen-bond acceptors (Lipinski definition) is 4. The predicted octanol–water partition coefficient (Wildman–Crippen LogP) is 2.87. The summed E-state index contributed by atoms with van der Waals surface area (Å²) in [4.78, 5) is 11.4. The maximum atomic E-state index is 11.4. The zero-order chi connectivity index (χ0) is 13.1. The number of hydrogen-bond donors (Lipinski definition) is 0. The van der Waals surface area contributed by atoms with Crippen molar-refractivity contribution in [3.05, 3.63) is 29.2 Å². The fraction of sp³-hybridized carbons (Fsp3) is 0.429.